The number of benzene rings is 2. The van der Waals surface area contributed by atoms with Crippen LogP contribution >= 0.6 is 0 Å². The lowest BCUT2D eigenvalue weighted by molar-refractivity contribution is 0.111. The molecule has 0 aliphatic heterocycles. The SMILES string of the molecule is COc1ccc(C=O)cc1-c1cc(C=O)ccc1OC. The number of hydrogen-bond acceptors (Lipinski definition) is 4. The second-order valence-corrected chi connectivity index (χ2v) is 4.16. The number of ether oxygens (including phenoxy) is 2. The highest BCUT2D eigenvalue weighted by atomic mass is 16.5. The zero-order valence-corrected chi connectivity index (χ0v) is 11.3. The topological polar surface area (TPSA) is 52.6 Å². The standard InChI is InChI=1S/C16H14O4/c1-19-15-5-3-11(9-17)7-13(15)14-8-12(10-18)4-6-16(14)20-2/h3-10H,1-2H3. The van der Waals surface area contributed by atoms with Gasteiger partial charge in [0.25, 0.3) is 0 Å². The van der Waals surface area contributed by atoms with Crippen LogP contribution in [-0.4, -0.2) is 26.8 Å². The molecule has 20 heavy (non-hydrogen) atoms. The fraction of sp³-hybridized carbons (Fsp3) is 0.125. The Labute approximate surface area is 116 Å². The first-order valence-corrected chi connectivity index (χ1v) is 6.00. The molecule has 2 aromatic rings. The summed E-state index contributed by atoms with van der Waals surface area (Å²) in [5.74, 6) is 1.22. The minimum atomic E-state index is 0.527. The molecule has 2 aromatic carbocycles. The van der Waals surface area contributed by atoms with Crippen molar-refractivity contribution < 1.29 is 19.1 Å². The summed E-state index contributed by atoms with van der Waals surface area (Å²) in [4.78, 5) is 21.9. The number of carbonyl (C=O) groups excluding carboxylic acids is 2. The maximum absolute atomic E-state index is 10.9. The van der Waals surface area contributed by atoms with Crippen molar-refractivity contribution in [2.45, 2.75) is 0 Å². The molecular weight excluding hydrogens is 256 g/mol. The molecule has 0 fully saturated rings. The van der Waals surface area contributed by atoms with Crippen LogP contribution in [0.1, 0.15) is 20.7 Å². The zero-order valence-electron chi connectivity index (χ0n) is 11.3. The van der Waals surface area contributed by atoms with Crippen LogP contribution < -0.4 is 9.47 Å². The number of hydrogen-bond donors (Lipinski definition) is 0. The Balaban J connectivity index is 2.70. The van der Waals surface area contributed by atoms with Crippen molar-refractivity contribution in [2.75, 3.05) is 14.2 Å². The van der Waals surface area contributed by atoms with E-state index in [9.17, 15) is 9.59 Å². The predicted molar refractivity (Wildman–Crippen MR) is 75.8 cm³/mol. The first kappa shape index (κ1) is 13.8. The van der Waals surface area contributed by atoms with Crippen LogP contribution in [0.2, 0.25) is 0 Å². The van der Waals surface area contributed by atoms with Crippen LogP contribution in [0.4, 0.5) is 0 Å². The van der Waals surface area contributed by atoms with E-state index in [2.05, 4.69) is 0 Å². The molecule has 0 saturated carbocycles. The monoisotopic (exact) mass is 270 g/mol. The Morgan fingerprint density at radius 1 is 0.750 bits per heavy atom. The molecule has 0 atom stereocenters. The highest BCUT2D eigenvalue weighted by Crippen LogP contribution is 2.37. The van der Waals surface area contributed by atoms with Crippen LogP contribution in [0.25, 0.3) is 11.1 Å². The van der Waals surface area contributed by atoms with Gasteiger partial charge in [0.15, 0.2) is 0 Å². The lowest BCUT2D eigenvalue weighted by atomic mass is 9.99. The maximum Gasteiger partial charge on any atom is 0.150 e. The van der Waals surface area contributed by atoms with Gasteiger partial charge in [0.2, 0.25) is 0 Å². The Hall–Kier alpha value is -2.62. The molecular formula is C16H14O4. The molecule has 0 spiro atoms. The van der Waals surface area contributed by atoms with Crippen molar-refractivity contribution in [3.8, 4) is 22.6 Å². The molecule has 4 heteroatoms. The van der Waals surface area contributed by atoms with Crippen molar-refractivity contribution in [3.63, 3.8) is 0 Å². The van der Waals surface area contributed by atoms with Crippen molar-refractivity contribution in [3.05, 3.63) is 47.5 Å². The van der Waals surface area contributed by atoms with E-state index >= 15 is 0 Å². The van der Waals surface area contributed by atoms with Gasteiger partial charge in [0.05, 0.1) is 14.2 Å². The van der Waals surface area contributed by atoms with Gasteiger partial charge in [0.1, 0.15) is 24.1 Å². The molecule has 2 rings (SSSR count). The van der Waals surface area contributed by atoms with Gasteiger partial charge < -0.3 is 9.47 Å². The van der Waals surface area contributed by atoms with E-state index in [0.717, 1.165) is 12.6 Å². The van der Waals surface area contributed by atoms with Crippen molar-refractivity contribution in [1.82, 2.24) is 0 Å². The Kier molecular flexibility index (Phi) is 4.15. The second kappa shape index (κ2) is 6.02. The number of carbonyl (C=O) groups is 2. The molecule has 0 bridgehead atoms. The van der Waals surface area contributed by atoms with Gasteiger partial charge in [0, 0.05) is 22.3 Å². The van der Waals surface area contributed by atoms with E-state index in [1.54, 1.807) is 50.6 Å². The van der Waals surface area contributed by atoms with Gasteiger partial charge in [-0.05, 0) is 36.4 Å². The van der Waals surface area contributed by atoms with Crippen LogP contribution in [0.15, 0.2) is 36.4 Å². The molecule has 0 amide bonds. The number of rotatable bonds is 5. The molecule has 0 aliphatic carbocycles. The number of aldehydes is 2. The molecule has 0 heterocycles. The summed E-state index contributed by atoms with van der Waals surface area (Å²) in [6.07, 6.45) is 1.53. The molecule has 0 N–H and O–H groups in total. The van der Waals surface area contributed by atoms with E-state index < -0.39 is 0 Å². The van der Waals surface area contributed by atoms with Gasteiger partial charge in [-0.3, -0.25) is 9.59 Å². The highest BCUT2D eigenvalue weighted by molar-refractivity contribution is 5.86. The molecule has 102 valence electrons. The second-order valence-electron chi connectivity index (χ2n) is 4.16. The third-order valence-electron chi connectivity index (χ3n) is 3.01. The van der Waals surface area contributed by atoms with Gasteiger partial charge in [-0.15, -0.1) is 0 Å². The summed E-state index contributed by atoms with van der Waals surface area (Å²) in [6.45, 7) is 0. The molecule has 0 saturated heterocycles. The third kappa shape index (κ3) is 2.54. The van der Waals surface area contributed by atoms with Crippen molar-refractivity contribution in [2.24, 2.45) is 0 Å². The van der Waals surface area contributed by atoms with E-state index in [-0.39, 0.29) is 0 Å². The summed E-state index contributed by atoms with van der Waals surface area (Å²) in [7, 11) is 3.10. The van der Waals surface area contributed by atoms with Gasteiger partial charge >= 0.3 is 0 Å². The Morgan fingerprint density at radius 3 is 1.45 bits per heavy atom. The van der Waals surface area contributed by atoms with E-state index in [0.29, 0.717) is 33.8 Å². The summed E-state index contributed by atoms with van der Waals surface area (Å²) >= 11 is 0. The zero-order chi connectivity index (χ0) is 14.5. The molecule has 0 unspecified atom stereocenters. The predicted octanol–water partition coefficient (Wildman–Crippen LogP) is 3.00. The van der Waals surface area contributed by atoms with Gasteiger partial charge in [-0.2, -0.15) is 0 Å². The smallest absolute Gasteiger partial charge is 0.150 e. The minimum absolute atomic E-state index is 0.527. The summed E-state index contributed by atoms with van der Waals surface area (Å²) in [6, 6.07) is 10.2. The normalized spacial score (nSPS) is 9.90. The molecule has 4 nitrogen and oxygen atoms in total. The van der Waals surface area contributed by atoms with Crippen LogP contribution in [0, 0.1) is 0 Å². The Morgan fingerprint density at radius 2 is 1.15 bits per heavy atom. The van der Waals surface area contributed by atoms with E-state index in [1.807, 2.05) is 0 Å². The molecule has 0 radical (unpaired) electrons. The minimum Gasteiger partial charge on any atom is -0.496 e. The summed E-state index contributed by atoms with van der Waals surface area (Å²) in [5.41, 5.74) is 2.47. The van der Waals surface area contributed by atoms with Crippen LogP contribution in [-0.2, 0) is 0 Å². The Bertz CT molecular complexity index is 589. The van der Waals surface area contributed by atoms with Crippen LogP contribution in [0.3, 0.4) is 0 Å². The first-order valence-electron chi connectivity index (χ1n) is 6.00. The van der Waals surface area contributed by atoms with Gasteiger partial charge in [-0.25, -0.2) is 0 Å². The van der Waals surface area contributed by atoms with E-state index in [4.69, 9.17) is 9.47 Å². The first-order chi connectivity index (χ1) is 9.73. The molecule has 0 aliphatic rings. The number of methoxy groups -OCH3 is 2. The largest absolute Gasteiger partial charge is 0.496 e. The summed E-state index contributed by atoms with van der Waals surface area (Å²) < 4.78 is 10.6. The van der Waals surface area contributed by atoms with E-state index in [1.165, 1.54) is 0 Å². The van der Waals surface area contributed by atoms with Crippen molar-refractivity contribution in [1.29, 1.82) is 0 Å². The average molecular weight is 270 g/mol. The fourth-order valence-corrected chi connectivity index (χ4v) is 2.02. The average Bonchev–Trinajstić information content (AvgIpc) is 2.53. The fourth-order valence-electron chi connectivity index (χ4n) is 2.02. The highest BCUT2D eigenvalue weighted by Gasteiger charge is 2.13. The third-order valence-corrected chi connectivity index (χ3v) is 3.01. The van der Waals surface area contributed by atoms with Crippen LogP contribution in [0.5, 0.6) is 11.5 Å². The van der Waals surface area contributed by atoms with Gasteiger partial charge in [-0.1, -0.05) is 0 Å². The quantitative estimate of drug-likeness (QED) is 0.784. The molecule has 0 aromatic heterocycles. The maximum atomic E-state index is 10.9. The lowest BCUT2D eigenvalue weighted by Gasteiger charge is -2.13. The lowest BCUT2D eigenvalue weighted by Crippen LogP contribution is -1.94. The summed E-state index contributed by atoms with van der Waals surface area (Å²) in [5, 5.41) is 0. The van der Waals surface area contributed by atoms with Crippen molar-refractivity contribution >= 4 is 12.6 Å².